The predicted molar refractivity (Wildman–Crippen MR) is 92.8 cm³/mol. The second-order valence-electron chi connectivity index (χ2n) is 8.12. The lowest BCUT2D eigenvalue weighted by atomic mass is 9.71. The number of halogens is 1. The average Bonchev–Trinajstić information content (AvgIpc) is 2.94. The van der Waals surface area contributed by atoms with E-state index in [1.165, 1.54) is 0 Å². The molecule has 0 aromatic carbocycles. The fourth-order valence-electron chi connectivity index (χ4n) is 4.83. The molecule has 128 valence electrons. The molecule has 4 heteroatoms. The minimum Gasteiger partial charge on any atom is -0.339 e. The van der Waals surface area contributed by atoms with Crippen LogP contribution >= 0.6 is 11.6 Å². The van der Waals surface area contributed by atoms with E-state index >= 15 is 0 Å². The summed E-state index contributed by atoms with van der Waals surface area (Å²) >= 11 is 6.55. The normalized spacial score (nSPS) is 44.2. The van der Waals surface area contributed by atoms with Crippen LogP contribution in [0.3, 0.4) is 0 Å². The molecule has 2 fully saturated rings. The summed E-state index contributed by atoms with van der Waals surface area (Å²) in [5, 5.41) is 3.06. The lowest BCUT2D eigenvalue weighted by Gasteiger charge is -2.37. The SMILES string of the molecule is CC1C(C)[C@H](C)C(C)(C[C@@H](Cl)NC(=O)[C@H]2CCCN2C)[C@@H]1C. The van der Waals surface area contributed by atoms with Crippen LogP contribution < -0.4 is 5.32 Å². The zero-order valence-corrected chi connectivity index (χ0v) is 15.8. The second kappa shape index (κ2) is 6.68. The molecule has 3 nitrogen and oxygen atoms in total. The summed E-state index contributed by atoms with van der Waals surface area (Å²) in [7, 11) is 2.02. The van der Waals surface area contributed by atoms with E-state index in [9.17, 15) is 4.79 Å². The molecule has 7 atom stereocenters. The largest absolute Gasteiger partial charge is 0.339 e. The maximum atomic E-state index is 12.4. The zero-order valence-electron chi connectivity index (χ0n) is 15.0. The van der Waals surface area contributed by atoms with Crippen molar-refractivity contribution < 1.29 is 4.79 Å². The Kier molecular flexibility index (Phi) is 5.49. The van der Waals surface area contributed by atoms with Gasteiger partial charge in [0.1, 0.15) is 5.50 Å². The fourth-order valence-corrected chi connectivity index (χ4v) is 5.27. The lowest BCUT2D eigenvalue weighted by Crippen LogP contribution is -2.46. The highest BCUT2D eigenvalue weighted by molar-refractivity contribution is 6.21. The van der Waals surface area contributed by atoms with E-state index in [4.69, 9.17) is 11.6 Å². The number of rotatable bonds is 4. The predicted octanol–water partition coefficient (Wildman–Crippen LogP) is 3.72. The van der Waals surface area contributed by atoms with E-state index in [2.05, 4.69) is 44.8 Å². The summed E-state index contributed by atoms with van der Waals surface area (Å²) in [6.07, 6.45) is 2.90. The zero-order chi connectivity index (χ0) is 16.7. The minimum atomic E-state index is -0.270. The first-order valence-corrected chi connectivity index (χ1v) is 9.26. The van der Waals surface area contributed by atoms with E-state index in [1.54, 1.807) is 0 Å². The van der Waals surface area contributed by atoms with Crippen LogP contribution in [-0.4, -0.2) is 35.9 Å². The average molecular weight is 329 g/mol. The van der Waals surface area contributed by atoms with Crippen LogP contribution in [0, 0.1) is 29.1 Å². The third-order valence-corrected chi connectivity index (χ3v) is 7.49. The molecule has 1 amide bonds. The highest BCUT2D eigenvalue weighted by Gasteiger charge is 2.50. The monoisotopic (exact) mass is 328 g/mol. The van der Waals surface area contributed by atoms with Gasteiger partial charge in [-0.2, -0.15) is 0 Å². The molecule has 22 heavy (non-hydrogen) atoms. The molecule has 1 N–H and O–H groups in total. The molecule has 0 spiro atoms. The first-order valence-electron chi connectivity index (χ1n) is 8.83. The van der Waals surface area contributed by atoms with Crippen LogP contribution in [0.5, 0.6) is 0 Å². The Morgan fingerprint density at radius 1 is 1.27 bits per heavy atom. The van der Waals surface area contributed by atoms with Gasteiger partial charge in [-0.25, -0.2) is 0 Å². The van der Waals surface area contributed by atoms with Crippen molar-refractivity contribution in [3.63, 3.8) is 0 Å². The van der Waals surface area contributed by atoms with Crippen molar-refractivity contribution in [2.75, 3.05) is 13.6 Å². The Hall–Kier alpha value is -0.280. The molecule has 1 saturated heterocycles. The Morgan fingerprint density at radius 3 is 2.27 bits per heavy atom. The van der Waals surface area contributed by atoms with Crippen molar-refractivity contribution >= 4 is 17.5 Å². The van der Waals surface area contributed by atoms with Crippen LogP contribution in [0.25, 0.3) is 0 Å². The molecule has 1 aliphatic carbocycles. The van der Waals surface area contributed by atoms with Crippen LogP contribution in [0.2, 0.25) is 0 Å². The summed E-state index contributed by atoms with van der Waals surface area (Å²) in [4.78, 5) is 14.5. The number of nitrogens with zero attached hydrogens (tertiary/aromatic N) is 1. The number of likely N-dealkylation sites (tertiary alicyclic amines) is 1. The van der Waals surface area contributed by atoms with E-state index < -0.39 is 0 Å². The number of likely N-dealkylation sites (N-methyl/N-ethyl adjacent to an activating group) is 1. The fraction of sp³-hybridized carbons (Fsp3) is 0.944. The molecule has 1 heterocycles. The minimum absolute atomic E-state index is 0.00493. The number of carbonyl (C=O) groups excluding carboxylic acids is 1. The number of hydrogen-bond acceptors (Lipinski definition) is 2. The topological polar surface area (TPSA) is 32.3 Å². The van der Waals surface area contributed by atoms with Gasteiger partial charge < -0.3 is 5.32 Å². The quantitative estimate of drug-likeness (QED) is 0.630. The number of nitrogens with one attached hydrogen (secondary N) is 1. The van der Waals surface area contributed by atoms with Gasteiger partial charge in [0, 0.05) is 0 Å². The maximum Gasteiger partial charge on any atom is 0.238 e. The van der Waals surface area contributed by atoms with Crippen LogP contribution in [-0.2, 0) is 4.79 Å². The number of alkyl halides is 1. The smallest absolute Gasteiger partial charge is 0.238 e. The van der Waals surface area contributed by atoms with E-state index in [0.717, 1.165) is 25.8 Å². The van der Waals surface area contributed by atoms with Gasteiger partial charge in [0.25, 0.3) is 0 Å². The first-order chi connectivity index (χ1) is 10.2. The Balaban J connectivity index is 1.96. The molecular formula is C18H33ClN2O. The number of hydrogen-bond donors (Lipinski definition) is 1. The van der Waals surface area contributed by atoms with Crippen molar-refractivity contribution in [3.8, 4) is 0 Å². The van der Waals surface area contributed by atoms with Gasteiger partial charge in [-0.1, -0.05) is 46.2 Å². The molecule has 0 aromatic heterocycles. The van der Waals surface area contributed by atoms with Gasteiger partial charge in [-0.15, -0.1) is 0 Å². The van der Waals surface area contributed by atoms with Crippen molar-refractivity contribution in [1.82, 2.24) is 10.2 Å². The first kappa shape index (κ1) is 18.1. The van der Waals surface area contributed by atoms with Gasteiger partial charge in [0.2, 0.25) is 5.91 Å². The molecule has 0 bridgehead atoms. The lowest BCUT2D eigenvalue weighted by molar-refractivity contribution is -0.125. The van der Waals surface area contributed by atoms with Crippen LogP contribution in [0.4, 0.5) is 0 Å². The van der Waals surface area contributed by atoms with Crippen molar-refractivity contribution in [3.05, 3.63) is 0 Å². The molecular weight excluding hydrogens is 296 g/mol. The summed E-state index contributed by atoms with van der Waals surface area (Å²) in [5.74, 6) is 2.78. The van der Waals surface area contributed by atoms with Gasteiger partial charge >= 0.3 is 0 Å². The van der Waals surface area contributed by atoms with Gasteiger partial charge in [-0.05, 0) is 61.9 Å². The molecule has 3 unspecified atom stereocenters. The molecule has 0 radical (unpaired) electrons. The van der Waals surface area contributed by atoms with Crippen molar-refractivity contribution in [2.24, 2.45) is 29.1 Å². The summed E-state index contributed by atoms with van der Waals surface area (Å²) in [6.45, 7) is 12.8. The molecule has 1 aliphatic heterocycles. The molecule has 0 aromatic rings. The summed E-state index contributed by atoms with van der Waals surface area (Å²) < 4.78 is 0. The third kappa shape index (κ3) is 3.17. The Morgan fingerprint density at radius 2 is 1.82 bits per heavy atom. The van der Waals surface area contributed by atoms with E-state index in [-0.39, 0.29) is 22.9 Å². The van der Waals surface area contributed by atoms with Crippen molar-refractivity contribution in [2.45, 2.75) is 65.4 Å². The van der Waals surface area contributed by atoms with Crippen LogP contribution in [0.1, 0.15) is 53.9 Å². The highest BCUT2D eigenvalue weighted by atomic mass is 35.5. The van der Waals surface area contributed by atoms with E-state index in [1.807, 2.05) is 7.05 Å². The molecule has 1 saturated carbocycles. The molecule has 2 aliphatic rings. The van der Waals surface area contributed by atoms with E-state index in [0.29, 0.717) is 23.7 Å². The van der Waals surface area contributed by atoms with Gasteiger partial charge in [0.15, 0.2) is 0 Å². The van der Waals surface area contributed by atoms with Gasteiger partial charge in [-0.3, -0.25) is 9.69 Å². The third-order valence-electron chi connectivity index (χ3n) is 7.23. The molecule has 2 rings (SSSR count). The Bertz CT molecular complexity index is 400. The Labute approximate surface area is 141 Å². The second-order valence-corrected chi connectivity index (χ2v) is 8.65. The number of carbonyl (C=O) groups is 1. The summed E-state index contributed by atoms with van der Waals surface area (Å²) in [6, 6.07) is 0.00493. The highest BCUT2D eigenvalue weighted by Crippen LogP contribution is 2.56. The summed E-state index contributed by atoms with van der Waals surface area (Å²) in [5.41, 5.74) is -0.0750. The maximum absolute atomic E-state index is 12.4. The number of amides is 1. The van der Waals surface area contributed by atoms with Crippen molar-refractivity contribution in [1.29, 1.82) is 0 Å². The van der Waals surface area contributed by atoms with Gasteiger partial charge in [0.05, 0.1) is 6.04 Å². The standard InChI is InChI=1S/C18H33ClN2O/c1-11-12(2)14(4)18(5,13(11)3)10-16(19)20-17(22)15-8-7-9-21(15)6/h11-16H,7-10H2,1-6H3,(H,20,22)/t11?,12?,13-,14+,15-,16+,18?/m1/s1. The van der Waals surface area contributed by atoms with Crippen LogP contribution in [0.15, 0.2) is 0 Å².